The summed E-state index contributed by atoms with van der Waals surface area (Å²) in [4.78, 5) is 4.30. The average molecular weight is 213 g/mol. The summed E-state index contributed by atoms with van der Waals surface area (Å²) < 4.78 is 10.1. The third-order valence-electron chi connectivity index (χ3n) is 2.11. The Morgan fingerprint density at radius 3 is 3.00 bits per heavy atom. The van der Waals surface area contributed by atoms with Gasteiger partial charge in [-0.3, -0.25) is 0 Å². The minimum absolute atomic E-state index is 0.124. The van der Waals surface area contributed by atoms with Gasteiger partial charge in [-0.2, -0.15) is 4.98 Å². The maximum atomic E-state index is 5.15. The van der Waals surface area contributed by atoms with Crippen LogP contribution in [0.25, 0.3) is 0 Å². The molecular formula is C10H19N3O2. The summed E-state index contributed by atoms with van der Waals surface area (Å²) in [5, 5.41) is 7.13. The van der Waals surface area contributed by atoms with Crippen molar-refractivity contribution in [1.29, 1.82) is 0 Å². The van der Waals surface area contributed by atoms with Crippen LogP contribution in [0.4, 0.5) is 0 Å². The Kier molecular flexibility index (Phi) is 5.28. The van der Waals surface area contributed by atoms with Crippen molar-refractivity contribution < 1.29 is 9.26 Å². The molecule has 0 spiro atoms. The largest absolute Gasteiger partial charge is 0.385 e. The molecule has 1 heterocycles. The van der Waals surface area contributed by atoms with Crippen LogP contribution in [0.5, 0.6) is 0 Å². The molecule has 0 aliphatic heterocycles. The van der Waals surface area contributed by atoms with Crippen molar-refractivity contribution >= 4 is 0 Å². The summed E-state index contributed by atoms with van der Waals surface area (Å²) in [6, 6.07) is 0.124. The fraction of sp³-hybridized carbons (Fsp3) is 0.800. The predicted octanol–water partition coefficient (Wildman–Crippen LogP) is 1.32. The highest BCUT2D eigenvalue weighted by Crippen LogP contribution is 2.09. The van der Waals surface area contributed by atoms with E-state index in [1.807, 2.05) is 13.8 Å². The lowest BCUT2D eigenvalue weighted by Gasteiger charge is -2.04. The zero-order valence-corrected chi connectivity index (χ0v) is 9.62. The van der Waals surface area contributed by atoms with Gasteiger partial charge < -0.3 is 14.6 Å². The van der Waals surface area contributed by atoms with E-state index >= 15 is 0 Å². The second-order valence-corrected chi connectivity index (χ2v) is 3.42. The number of methoxy groups -OCH3 is 1. The van der Waals surface area contributed by atoms with Gasteiger partial charge >= 0.3 is 0 Å². The molecule has 1 atom stereocenters. The number of nitrogens with zero attached hydrogens (tertiary/aromatic N) is 2. The minimum atomic E-state index is 0.124. The molecule has 0 saturated heterocycles. The van der Waals surface area contributed by atoms with E-state index in [1.54, 1.807) is 7.11 Å². The van der Waals surface area contributed by atoms with Crippen molar-refractivity contribution in [1.82, 2.24) is 15.5 Å². The van der Waals surface area contributed by atoms with Gasteiger partial charge in [-0.15, -0.1) is 0 Å². The van der Waals surface area contributed by atoms with E-state index in [1.165, 1.54) is 0 Å². The predicted molar refractivity (Wildman–Crippen MR) is 56.6 cm³/mol. The maximum Gasteiger partial charge on any atom is 0.243 e. The number of hydrogen-bond acceptors (Lipinski definition) is 5. The third kappa shape index (κ3) is 3.97. The van der Waals surface area contributed by atoms with E-state index in [0.29, 0.717) is 5.89 Å². The molecular weight excluding hydrogens is 194 g/mol. The summed E-state index contributed by atoms with van der Waals surface area (Å²) in [6.45, 7) is 5.68. The zero-order valence-electron chi connectivity index (χ0n) is 9.62. The summed E-state index contributed by atoms with van der Waals surface area (Å²) >= 11 is 0. The lowest BCUT2D eigenvalue weighted by Crippen LogP contribution is -2.17. The molecule has 0 radical (unpaired) electrons. The smallest absolute Gasteiger partial charge is 0.243 e. The van der Waals surface area contributed by atoms with E-state index in [9.17, 15) is 0 Å². The van der Waals surface area contributed by atoms with Crippen molar-refractivity contribution in [3.8, 4) is 0 Å². The van der Waals surface area contributed by atoms with Gasteiger partial charge in [-0.1, -0.05) is 12.1 Å². The van der Waals surface area contributed by atoms with Crippen LogP contribution in [0, 0.1) is 0 Å². The molecule has 0 bridgehead atoms. The van der Waals surface area contributed by atoms with Crippen LogP contribution in [-0.2, 0) is 11.2 Å². The Bertz CT molecular complexity index is 275. The fourth-order valence-corrected chi connectivity index (χ4v) is 1.31. The minimum Gasteiger partial charge on any atom is -0.385 e. The van der Waals surface area contributed by atoms with Crippen molar-refractivity contribution in [2.24, 2.45) is 0 Å². The third-order valence-corrected chi connectivity index (χ3v) is 2.11. The second-order valence-electron chi connectivity index (χ2n) is 3.42. The molecule has 0 aromatic carbocycles. The Morgan fingerprint density at radius 2 is 2.33 bits per heavy atom. The van der Waals surface area contributed by atoms with E-state index in [2.05, 4.69) is 15.5 Å². The molecule has 86 valence electrons. The summed E-state index contributed by atoms with van der Waals surface area (Å²) in [7, 11) is 1.69. The number of aromatic nitrogens is 2. The molecule has 1 rings (SSSR count). The van der Waals surface area contributed by atoms with Crippen molar-refractivity contribution in [2.45, 2.75) is 32.7 Å². The Hall–Kier alpha value is -0.940. The summed E-state index contributed by atoms with van der Waals surface area (Å²) in [6.07, 6.45) is 1.72. The van der Waals surface area contributed by atoms with Gasteiger partial charge in [0.15, 0.2) is 5.82 Å². The van der Waals surface area contributed by atoms with Crippen LogP contribution < -0.4 is 5.32 Å². The lowest BCUT2D eigenvalue weighted by atomic mass is 10.3. The summed E-state index contributed by atoms with van der Waals surface area (Å²) in [5.74, 6) is 1.41. The first kappa shape index (κ1) is 12.1. The van der Waals surface area contributed by atoms with Gasteiger partial charge in [0.1, 0.15) is 0 Å². The molecule has 0 fully saturated rings. The normalized spacial score (nSPS) is 13.0. The summed E-state index contributed by atoms with van der Waals surface area (Å²) in [5.41, 5.74) is 0. The van der Waals surface area contributed by atoms with Gasteiger partial charge in [0.05, 0.1) is 6.04 Å². The van der Waals surface area contributed by atoms with Gasteiger partial charge in [0, 0.05) is 20.1 Å². The quantitative estimate of drug-likeness (QED) is 0.692. The first-order valence-corrected chi connectivity index (χ1v) is 5.32. The van der Waals surface area contributed by atoms with Crippen molar-refractivity contribution in [3.05, 3.63) is 11.7 Å². The molecule has 5 heteroatoms. The van der Waals surface area contributed by atoms with Crippen LogP contribution in [0.3, 0.4) is 0 Å². The van der Waals surface area contributed by atoms with Crippen molar-refractivity contribution in [2.75, 3.05) is 20.3 Å². The molecule has 0 amide bonds. The van der Waals surface area contributed by atoms with E-state index < -0.39 is 0 Å². The first-order valence-electron chi connectivity index (χ1n) is 5.32. The Balaban J connectivity index is 2.41. The van der Waals surface area contributed by atoms with Gasteiger partial charge in [0.25, 0.3) is 0 Å². The lowest BCUT2D eigenvalue weighted by molar-refractivity contribution is 0.194. The highest BCUT2D eigenvalue weighted by molar-refractivity contribution is 4.91. The fourth-order valence-electron chi connectivity index (χ4n) is 1.31. The van der Waals surface area contributed by atoms with Crippen LogP contribution in [0.2, 0.25) is 0 Å². The van der Waals surface area contributed by atoms with E-state index in [4.69, 9.17) is 9.26 Å². The zero-order chi connectivity index (χ0) is 11.1. The molecule has 0 aliphatic rings. The average Bonchev–Trinajstić information content (AvgIpc) is 2.67. The Labute approximate surface area is 90.2 Å². The standard InChI is InChI=1S/C10H19N3O2/c1-4-11-8(2)10-12-9(13-15-10)6-5-7-14-3/h8,11H,4-7H2,1-3H3. The molecule has 1 aromatic rings. The molecule has 1 N–H and O–H groups in total. The van der Waals surface area contributed by atoms with Crippen molar-refractivity contribution in [3.63, 3.8) is 0 Å². The highest BCUT2D eigenvalue weighted by atomic mass is 16.5. The topological polar surface area (TPSA) is 60.2 Å². The van der Waals surface area contributed by atoms with Gasteiger partial charge in [-0.25, -0.2) is 0 Å². The SMILES string of the molecule is CCNC(C)c1nc(CCCOC)no1. The number of rotatable bonds is 7. The van der Waals surface area contributed by atoms with Crippen LogP contribution >= 0.6 is 0 Å². The molecule has 0 saturated carbocycles. The van der Waals surface area contributed by atoms with Gasteiger partial charge in [0.2, 0.25) is 5.89 Å². The number of hydrogen-bond donors (Lipinski definition) is 1. The molecule has 1 aromatic heterocycles. The number of aryl methyl sites for hydroxylation is 1. The van der Waals surface area contributed by atoms with Crippen LogP contribution in [0.1, 0.15) is 38.0 Å². The number of nitrogens with one attached hydrogen (secondary N) is 1. The maximum absolute atomic E-state index is 5.15. The Morgan fingerprint density at radius 1 is 1.53 bits per heavy atom. The molecule has 15 heavy (non-hydrogen) atoms. The monoisotopic (exact) mass is 213 g/mol. The molecule has 0 aliphatic carbocycles. The number of ether oxygens (including phenoxy) is 1. The second kappa shape index (κ2) is 6.53. The van der Waals surface area contributed by atoms with Gasteiger partial charge in [-0.05, 0) is 19.9 Å². The van der Waals surface area contributed by atoms with E-state index in [-0.39, 0.29) is 6.04 Å². The van der Waals surface area contributed by atoms with Crippen LogP contribution in [-0.4, -0.2) is 30.4 Å². The van der Waals surface area contributed by atoms with E-state index in [0.717, 1.165) is 31.8 Å². The molecule has 1 unspecified atom stereocenters. The highest BCUT2D eigenvalue weighted by Gasteiger charge is 2.12. The molecule has 5 nitrogen and oxygen atoms in total. The van der Waals surface area contributed by atoms with Crippen LogP contribution in [0.15, 0.2) is 4.52 Å². The first-order chi connectivity index (χ1) is 7.27.